The van der Waals surface area contributed by atoms with Crippen LogP contribution in [0.5, 0.6) is 0 Å². The molecule has 1 aliphatic heterocycles. The lowest BCUT2D eigenvalue weighted by Gasteiger charge is -2.19. The van der Waals surface area contributed by atoms with Crippen LogP contribution in [0.25, 0.3) is 0 Å². The van der Waals surface area contributed by atoms with E-state index in [0.717, 1.165) is 6.54 Å². The summed E-state index contributed by atoms with van der Waals surface area (Å²) in [5.41, 5.74) is 0.486. The first-order valence-corrected chi connectivity index (χ1v) is 7.82. The number of carbonyl (C=O) groups is 2. The normalized spacial score (nSPS) is 18.1. The molecule has 1 aromatic carbocycles. The maximum absolute atomic E-state index is 12.2. The van der Waals surface area contributed by atoms with Gasteiger partial charge in [0.2, 0.25) is 11.8 Å². The van der Waals surface area contributed by atoms with Gasteiger partial charge in [-0.3, -0.25) is 9.59 Å². The standard InChI is InChI=1S/C15H19Cl2N3O2/c1-19(2)7-6-18-15(22)10-8-13(21)20(9-10)14-11(16)4-3-5-12(14)17/h3-5,10H,6-9H2,1-2H3,(H,18,22). The van der Waals surface area contributed by atoms with Crippen molar-refractivity contribution in [2.24, 2.45) is 5.92 Å². The first-order chi connectivity index (χ1) is 10.4. The predicted molar refractivity (Wildman–Crippen MR) is 88.5 cm³/mol. The maximum atomic E-state index is 12.2. The molecule has 1 unspecified atom stereocenters. The zero-order valence-corrected chi connectivity index (χ0v) is 14.1. The fourth-order valence-corrected chi connectivity index (χ4v) is 2.99. The number of hydrogen-bond donors (Lipinski definition) is 1. The second-order valence-corrected chi connectivity index (χ2v) is 6.38. The molecule has 1 heterocycles. The molecule has 1 saturated heterocycles. The Morgan fingerprint density at radius 3 is 2.59 bits per heavy atom. The molecule has 0 bridgehead atoms. The van der Waals surface area contributed by atoms with Crippen LogP contribution in [0, 0.1) is 5.92 Å². The fraction of sp³-hybridized carbons (Fsp3) is 0.467. The second-order valence-electron chi connectivity index (χ2n) is 5.57. The van der Waals surface area contributed by atoms with Gasteiger partial charge in [-0.1, -0.05) is 29.3 Å². The van der Waals surface area contributed by atoms with Crippen molar-refractivity contribution in [2.75, 3.05) is 38.6 Å². The molecular weight excluding hydrogens is 325 g/mol. The molecule has 0 spiro atoms. The molecule has 0 saturated carbocycles. The van der Waals surface area contributed by atoms with Gasteiger partial charge in [-0.15, -0.1) is 0 Å². The second kappa shape index (κ2) is 7.31. The van der Waals surface area contributed by atoms with Crippen LogP contribution in [0.4, 0.5) is 5.69 Å². The lowest BCUT2D eigenvalue weighted by Crippen LogP contribution is -2.36. The minimum Gasteiger partial charge on any atom is -0.355 e. The molecule has 22 heavy (non-hydrogen) atoms. The van der Waals surface area contributed by atoms with Gasteiger partial charge in [-0.2, -0.15) is 0 Å². The lowest BCUT2D eigenvalue weighted by atomic mass is 10.1. The monoisotopic (exact) mass is 343 g/mol. The molecule has 0 aliphatic carbocycles. The van der Waals surface area contributed by atoms with E-state index in [1.54, 1.807) is 18.2 Å². The Hall–Kier alpha value is -1.30. The number of para-hydroxylation sites is 1. The molecule has 7 heteroatoms. The van der Waals surface area contributed by atoms with E-state index in [0.29, 0.717) is 28.8 Å². The van der Waals surface area contributed by atoms with E-state index in [1.165, 1.54) is 4.90 Å². The summed E-state index contributed by atoms with van der Waals surface area (Å²) in [7, 11) is 3.87. The number of anilines is 1. The van der Waals surface area contributed by atoms with Crippen LogP contribution in [0.3, 0.4) is 0 Å². The highest BCUT2D eigenvalue weighted by Gasteiger charge is 2.36. The third-order valence-corrected chi connectivity index (χ3v) is 4.17. The van der Waals surface area contributed by atoms with E-state index in [4.69, 9.17) is 23.2 Å². The van der Waals surface area contributed by atoms with Crippen molar-refractivity contribution in [3.05, 3.63) is 28.2 Å². The molecular formula is C15H19Cl2N3O2. The minimum atomic E-state index is -0.373. The number of carbonyl (C=O) groups excluding carboxylic acids is 2. The molecule has 1 N–H and O–H groups in total. The average molecular weight is 344 g/mol. The topological polar surface area (TPSA) is 52.7 Å². The number of amides is 2. The molecule has 1 atom stereocenters. The fourth-order valence-electron chi connectivity index (χ4n) is 2.39. The van der Waals surface area contributed by atoms with E-state index in [9.17, 15) is 9.59 Å². The van der Waals surface area contributed by atoms with Crippen LogP contribution in [0.15, 0.2) is 18.2 Å². The van der Waals surface area contributed by atoms with Gasteiger partial charge in [0.15, 0.2) is 0 Å². The van der Waals surface area contributed by atoms with E-state index < -0.39 is 0 Å². The number of rotatable bonds is 5. The van der Waals surface area contributed by atoms with Crippen LogP contribution in [-0.2, 0) is 9.59 Å². The van der Waals surface area contributed by atoms with Crippen LogP contribution in [0.1, 0.15) is 6.42 Å². The maximum Gasteiger partial charge on any atom is 0.227 e. The summed E-state index contributed by atoms with van der Waals surface area (Å²) in [5, 5.41) is 3.68. The van der Waals surface area contributed by atoms with Crippen LogP contribution < -0.4 is 10.2 Å². The highest BCUT2D eigenvalue weighted by molar-refractivity contribution is 6.40. The summed E-state index contributed by atoms with van der Waals surface area (Å²) in [6.07, 6.45) is 0.176. The first kappa shape index (κ1) is 17.1. The molecule has 5 nitrogen and oxygen atoms in total. The molecule has 0 radical (unpaired) electrons. The van der Waals surface area contributed by atoms with E-state index in [1.807, 2.05) is 19.0 Å². The van der Waals surface area contributed by atoms with Crippen LogP contribution in [0.2, 0.25) is 10.0 Å². The summed E-state index contributed by atoms with van der Waals surface area (Å²) in [4.78, 5) is 27.8. The first-order valence-electron chi connectivity index (χ1n) is 7.07. The van der Waals surface area contributed by atoms with Crippen molar-refractivity contribution in [3.63, 3.8) is 0 Å². The molecule has 1 fully saturated rings. The average Bonchev–Trinajstić information content (AvgIpc) is 2.80. The third-order valence-electron chi connectivity index (χ3n) is 3.56. The molecule has 1 aromatic rings. The molecule has 2 amide bonds. The molecule has 1 aliphatic rings. The van der Waals surface area contributed by atoms with Crippen molar-refractivity contribution in [1.82, 2.24) is 10.2 Å². The Bertz CT molecular complexity index is 558. The predicted octanol–water partition coefficient (Wildman–Crippen LogP) is 2.02. The zero-order valence-electron chi connectivity index (χ0n) is 12.6. The third kappa shape index (κ3) is 3.91. The van der Waals surface area contributed by atoms with Crippen molar-refractivity contribution in [1.29, 1.82) is 0 Å². The Balaban J connectivity index is 2.03. The highest BCUT2D eigenvalue weighted by Crippen LogP contribution is 2.37. The zero-order chi connectivity index (χ0) is 16.3. The van der Waals surface area contributed by atoms with Crippen LogP contribution >= 0.6 is 23.2 Å². The smallest absolute Gasteiger partial charge is 0.227 e. The summed E-state index contributed by atoms with van der Waals surface area (Å²) in [6, 6.07) is 5.08. The summed E-state index contributed by atoms with van der Waals surface area (Å²) < 4.78 is 0. The Kier molecular flexibility index (Phi) is 5.67. The molecule has 2 rings (SSSR count). The van der Waals surface area contributed by atoms with Gasteiger partial charge in [-0.05, 0) is 26.2 Å². The van der Waals surface area contributed by atoms with E-state index in [2.05, 4.69) is 5.32 Å². The summed E-state index contributed by atoms with van der Waals surface area (Å²) in [6.45, 7) is 1.62. The van der Waals surface area contributed by atoms with Crippen molar-refractivity contribution in [3.8, 4) is 0 Å². The highest BCUT2D eigenvalue weighted by atomic mass is 35.5. The van der Waals surface area contributed by atoms with Gasteiger partial charge >= 0.3 is 0 Å². The molecule has 0 aromatic heterocycles. The molecule has 120 valence electrons. The quantitative estimate of drug-likeness (QED) is 0.889. The van der Waals surface area contributed by atoms with Crippen molar-refractivity contribution < 1.29 is 9.59 Å². The van der Waals surface area contributed by atoms with Gasteiger partial charge in [0.1, 0.15) is 0 Å². The van der Waals surface area contributed by atoms with E-state index >= 15 is 0 Å². The number of benzene rings is 1. The number of likely N-dealkylation sites (N-methyl/N-ethyl adjacent to an activating group) is 1. The number of halogens is 2. The van der Waals surface area contributed by atoms with Crippen LogP contribution in [-0.4, -0.2) is 50.4 Å². The van der Waals surface area contributed by atoms with Gasteiger partial charge in [0.25, 0.3) is 0 Å². The largest absolute Gasteiger partial charge is 0.355 e. The van der Waals surface area contributed by atoms with Gasteiger partial charge in [0.05, 0.1) is 21.7 Å². The SMILES string of the molecule is CN(C)CCNC(=O)C1CC(=O)N(c2c(Cl)cccc2Cl)C1. The van der Waals surface area contributed by atoms with Crippen molar-refractivity contribution >= 4 is 40.7 Å². The summed E-state index contributed by atoms with van der Waals surface area (Å²) in [5.74, 6) is -0.620. The summed E-state index contributed by atoms with van der Waals surface area (Å²) >= 11 is 12.3. The minimum absolute atomic E-state index is 0.110. The van der Waals surface area contributed by atoms with Gasteiger partial charge in [0, 0.05) is 26.1 Å². The lowest BCUT2D eigenvalue weighted by molar-refractivity contribution is -0.126. The van der Waals surface area contributed by atoms with Crippen molar-refractivity contribution in [2.45, 2.75) is 6.42 Å². The number of nitrogens with zero attached hydrogens (tertiary/aromatic N) is 2. The number of hydrogen-bond acceptors (Lipinski definition) is 3. The Labute approximate surface area is 140 Å². The Morgan fingerprint density at radius 2 is 2.00 bits per heavy atom. The Morgan fingerprint density at radius 1 is 1.36 bits per heavy atom. The number of nitrogens with one attached hydrogen (secondary N) is 1. The van der Waals surface area contributed by atoms with Gasteiger partial charge in [-0.25, -0.2) is 0 Å². The van der Waals surface area contributed by atoms with Gasteiger partial charge < -0.3 is 15.1 Å². The van der Waals surface area contributed by atoms with E-state index in [-0.39, 0.29) is 24.2 Å².